The van der Waals surface area contributed by atoms with Gasteiger partial charge in [-0.1, -0.05) is 20.8 Å². The summed E-state index contributed by atoms with van der Waals surface area (Å²) in [5, 5.41) is 0. The molecule has 0 spiro atoms. The first kappa shape index (κ1) is 22.7. The summed E-state index contributed by atoms with van der Waals surface area (Å²) in [4.78, 5) is 0. The van der Waals surface area contributed by atoms with E-state index in [9.17, 15) is 0 Å². The van der Waals surface area contributed by atoms with E-state index in [2.05, 4.69) is 26.8 Å². The molecular formula is C29H40O6. The predicted octanol–water partition coefficient (Wildman–Crippen LogP) is 4.78. The maximum atomic E-state index is 6.75. The van der Waals surface area contributed by atoms with Crippen LogP contribution >= 0.6 is 0 Å². The molecule has 7 fully saturated rings. The molecule has 3 aliphatic heterocycles. The number of epoxide rings is 3. The summed E-state index contributed by atoms with van der Waals surface area (Å²) in [5.41, 5.74) is 2.51. The summed E-state index contributed by atoms with van der Waals surface area (Å²) in [7, 11) is 0. The highest BCUT2D eigenvalue weighted by Gasteiger charge is 2.55. The summed E-state index contributed by atoms with van der Waals surface area (Å²) < 4.78 is 36.4. The molecule has 192 valence electrons. The van der Waals surface area contributed by atoms with E-state index in [1.807, 2.05) is 0 Å². The molecule has 4 bridgehead atoms. The molecule has 4 aliphatic carbocycles. The molecule has 3 heterocycles. The fourth-order valence-electron chi connectivity index (χ4n) is 7.51. The summed E-state index contributed by atoms with van der Waals surface area (Å²) in [6.45, 7) is 10.9. The third-order valence-corrected chi connectivity index (χ3v) is 9.03. The van der Waals surface area contributed by atoms with Crippen LogP contribution in [-0.2, 0) is 25.0 Å². The van der Waals surface area contributed by atoms with Crippen molar-refractivity contribution >= 4 is 0 Å². The van der Waals surface area contributed by atoms with Crippen LogP contribution < -0.4 is 14.2 Å². The molecule has 4 saturated carbocycles. The smallest absolute Gasteiger partial charge is 0.168 e. The zero-order valence-electron chi connectivity index (χ0n) is 21.5. The number of rotatable bonds is 10. The van der Waals surface area contributed by atoms with Gasteiger partial charge in [-0.15, -0.1) is 0 Å². The Bertz CT molecular complexity index is 933. The lowest BCUT2D eigenvalue weighted by Gasteiger charge is -2.57. The second-order valence-corrected chi connectivity index (χ2v) is 13.2. The Kier molecular flexibility index (Phi) is 5.35. The third-order valence-electron chi connectivity index (χ3n) is 9.03. The lowest BCUT2D eigenvalue weighted by atomic mass is 9.47. The van der Waals surface area contributed by atoms with Crippen molar-refractivity contribution in [3.05, 3.63) is 17.2 Å². The highest BCUT2D eigenvalue weighted by atomic mass is 16.6. The lowest BCUT2D eigenvalue weighted by Crippen LogP contribution is -2.49. The number of hydrogen-bond acceptors (Lipinski definition) is 6. The molecular weight excluding hydrogens is 444 g/mol. The third kappa shape index (κ3) is 4.55. The molecule has 0 radical (unpaired) electrons. The zero-order valence-corrected chi connectivity index (χ0v) is 21.5. The van der Waals surface area contributed by atoms with Gasteiger partial charge in [0.15, 0.2) is 11.5 Å². The normalized spacial score (nSPS) is 38.4. The van der Waals surface area contributed by atoms with E-state index in [1.165, 1.54) is 49.7 Å². The van der Waals surface area contributed by atoms with Crippen molar-refractivity contribution in [3.63, 3.8) is 0 Å². The van der Waals surface area contributed by atoms with E-state index < -0.39 is 0 Å². The van der Waals surface area contributed by atoms with Gasteiger partial charge in [-0.2, -0.15) is 0 Å². The molecule has 3 unspecified atom stereocenters. The Hall–Kier alpha value is -1.50. The first-order valence-electron chi connectivity index (χ1n) is 13.8. The molecule has 8 rings (SSSR count). The molecule has 3 saturated heterocycles. The number of ether oxygens (including phenoxy) is 6. The standard InChI is InChI=1S/C29H40O6/c1-28(2,3)23-7-24(33-14-20-11-30-20)27(35-16-22-13-32-22)25(26(23)34-15-21-12-31-21)29-8-17-4-18(9-29)6-19(5-17)10-29/h7,17-22H,4-6,8-16H2,1-3H3. The SMILES string of the molecule is CC(C)(C)c1cc(OCC2CO2)c(OCC2CO2)c(C23CC4CC(CC(C4)C2)C3)c1OCC1CO1. The fourth-order valence-corrected chi connectivity index (χ4v) is 7.51. The van der Waals surface area contributed by atoms with Crippen LogP contribution in [0.15, 0.2) is 6.07 Å². The first-order chi connectivity index (χ1) is 16.9. The topological polar surface area (TPSA) is 65.3 Å². The van der Waals surface area contributed by atoms with Crippen molar-refractivity contribution in [1.29, 1.82) is 0 Å². The first-order valence-corrected chi connectivity index (χ1v) is 13.8. The molecule has 1 aromatic carbocycles. The highest BCUT2D eigenvalue weighted by molar-refractivity contribution is 5.63. The minimum absolute atomic E-state index is 0.0941. The van der Waals surface area contributed by atoms with Crippen LogP contribution in [0, 0.1) is 17.8 Å². The number of benzene rings is 1. The van der Waals surface area contributed by atoms with Crippen molar-refractivity contribution in [2.45, 2.75) is 88.4 Å². The molecule has 6 nitrogen and oxygen atoms in total. The summed E-state index contributed by atoms with van der Waals surface area (Å²) >= 11 is 0. The monoisotopic (exact) mass is 484 g/mol. The van der Waals surface area contributed by atoms with Gasteiger partial charge in [-0.25, -0.2) is 0 Å². The Morgan fingerprint density at radius 1 is 0.743 bits per heavy atom. The maximum Gasteiger partial charge on any atom is 0.168 e. The fraction of sp³-hybridized carbons (Fsp3) is 0.793. The van der Waals surface area contributed by atoms with Gasteiger partial charge in [0.25, 0.3) is 0 Å². The lowest BCUT2D eigenvalue weighted by molar-refractivity contribution is -0.00809. The van der Waals surface area contributed by atoms with Crippen molar-refractivity contribution in [2.75, 3.05) is 39.6 Å². The van der Waals surface area contributed by atoms with Gasteiger partial charge in [0.2, 0.25) is 0 Å². The zero-order chi connectivity index (χ0) is 23.8. The Labute approximate surface area is 208 Å². The van der Waals surface area contributed by atoms with E-state index in [0.717, 1.165) is 54.8 Å². The van der Waals surface area contributed by atoms with Crippen LogP contribution in [0.25, 0.3) is 0 Å². The van der Waals surface area contributed by atoms with Gasteiger partial charge in [-0.3, -0.25) is 0 Å². The van der Waals surface area contributed by atoms with E-state index in [-0.39, 0.29) is 29.1 Å². The average Bonchev–Trinajstić information content (AvgIpc) is 3.66. The molecule has 3 atom stereocenters. The predicted molar refractivity (Wildman–Crippen MR) is 131 cm³/mol. The largest absolute Gasteiger partial charge is 0.490 e. The summed E-state index contributed by atoms with van der Waals surface area (Å²) in [6.07, 6.45) is 8.51. The van der Waals surface area contributed by atoms with Crippen molar-refractivity contribution in [1.82, 2.24) is 0 Å². The minimum atomic E-state index is -0.0941. The van der Waals surface area contributed by atoms with E-state index >= 15 is 0 Å². The van der Waals surface area contributed by atoms with Crippen LogP contribution in [0.5, 0.6) is 17.2 Å². The van der Waals surface area contributed by atoms with Crippen LogP contribution in [0.1, 0.15) is 70.4 Å². The molecule has 0 amide bonds. The maximum absolute atomic E-state index is 6.75. The van der Waals surface area contributed by atoms with Crippen LogP contribution in [0.4, 0.5) is 0 Å². The van der Waals surface area contributed by atoms with Gasteiger partial charge in [0, 0.05) is 16.5 Å². The van der Waals surface area contributed by atoms with Crippen LogP contribution in [0.3, 0.4) is 0 Å². The van der Waals surface area contributed by atoms with Gasteiger partial charge in [0.1, 0.15) is 43.9 Å². The Morgan fingerprint density at radius 2 is 1.20 bits per heavy atom. The Morgan fingerprint density at radius 3 is 1.66 bits per heavy atom. The second kappa shape index (κ2) is 8.26. The minimum Gasteiger partial charge on any atom is -0.490 e. The molecule has 1 aromatic rings. The van der Waals surface area contributed by atoms with Gasteiger partial charge in [-0.05, 0) is 67.8 Å². The van der Waals surface area contributed by atoms with Gasteiger partial charge < -0.3 is 28.4 Å². The summed E-state index contributed by atoms with van der Waals surface area (Å²) in [5.74, 6) is 5.26. The van der Waals surface area contributed by atoms with Crippen LogP contribution in [0.2, 0.25) is 0 Å². The molecule has 0 aromatic heterocycles. The van der Waals surface area contributed by atoms with Crippen molar-refractivity contribution < 1.29 is 28.4 Å². The quantitative estimate of drug-likeness (QED) is 0.445. The van der Waals surface area contributed by atoms with Gasteiger partial charge >= 0.3 is 0 Å². The highest BCUT2D eigenvalue weighted by Crippen LogP contribution is 2.65. The molecule has 0 N–H and O–H groups in total. The van der Waals surface area contributed by atoms with E-state index in [0.29, 0.717) is 19.8 Å². The molecule has 7 aliphatic rings. The Balaban J connectivity index is 1.38. The second-order valence-electron chi connectivity index (χ2n) is 13.2. The van der Waals surface area contributed by atoms with Crippen molar-refractivity contribution in [3.8, 4) is 17.2 Å². The van der Waals surface area contributed by atoms with Gasteiger partial charge in [0.05, 0.1) is 19.8 Å². The molecule has 35 heavy (non-hydrogen) atoms. The van der Waals surface area contributed by atoms with Crippen molar-refractivity contribution in [2.24, 2.45) is 17.8 Å². The average molecular weight is 485 g/mol. The number of hydrogen-bond donors (Lipinski definition) is 0. The van der Waals surface area contributed by atoms with E-state index in [4.69, 9.17) is 28.4 Å². The van der Waals surface area contributed by atoms with E-state index in [1.54, 1.807) is 0 Å². The summed E-state index contributed by atoms with van der Waals surface area (Å²) in [6, 6.07) is 2.19. The van der Waals surface area contributed by atoms with Crippen LogP contribution in [-0.4, -0.2) is 58.0 Å². The molecule has 6 heteroatoms.